The molecule has 0 radical (unpaired) electrons. The first-order valence-electron chi connectivity index (χ1n) is 9.07. The van der Waals surface area contributed by atoms with E-state index in [1.54, 1.807) is 12.0 Å². The molecule has 1 N–H and O–H groups in total. The van der Waals surface area contributed by atoms with Gasteiger partial charge in [0.2, 0.25) is 0 Å². The van der Waals surface area contributed by atoms with Crippen molar-refractivity contribution in [3.05, 3.63) is 60.2 Å². The standard InChI is InChI=1S/C21H24N2O4/c1-26-19-10-6-5-7-17(19)15-27-20(24)16-11-13-23(14-12-16)21(25)22-18-8-3-2-4-9-18/h2-10,16H,11-15H2,1H3,(H,22,25). The van der Waals surface area contributed by atoms with Crippen LogP contribution >= 0.6 is 0 Å². The van der Waals surface area contributed by atoms with Crippen LogP contribution in [0.5, 0.6) is 5.75 Å². The molecule has 2 aromatic rings. The number of likely N-dealkylation sites (tertiary alicyclic amines) is 1. The predicted octanol–water partition coefficient (Wildman–Crippen LogP) is 3.68. The molecular formula is C21H24N2O4. The highest BCUT2D eigenvalue weighted by atomic mass is 16.5. The molecule has 3 rings (SSSR count). The molecule has 142 valence electrons. The van der Waals surface area contributed by atoms with E-state index in [1.807, 2.05) is 54.6 Å². The molecule has 0 atom stereocenters. The fourth-order valence-corrected chi connectivity index (χ4v) is 3.13. The summed E-state index contributed by atoms with van der Waals surface area (Å²) in [5.74, 6) is 0.308. The molecule has 1 fully saturated rings. The molecule has 2 aromatic carbocycles. The fraction of sp³-hybridized carbons (Fsp3) is 0.333. The second-order valence-corrected chi connectivity index (χ2v) is 6.48. The zero-order chi connectivity index (χ0) is 19.1. The van der Waals surface area contributed by atoms with Crippen LogP contribution in [0.25, 0.3) is 0 Å². The first-order chi connectivity index (χ1) is 13.2. The maximum absolute atomic E-state index is 12.4. The topological polar surface area (TPSA) is 67.9 Å². The molecule has 1 heterocycles. The van der Waals surface area contributed by atoms with Gasteiger partial charge in [-0.3, -0.25) is 4.79 Å². The highest BCUT2D eigenvalue weighted by Gasteiger charge is 2.28. The Labute approximate surface area is 159 Å². The Kier molecular flexibility index (Phi) is 6.30. The van der Waals surface area contributed by atoms with Gasteiger partial charge in [0.25, 0.3) is 0 Å². The Bertz CT molecular complexity index is 771. The minimum atomic E-state index is -0.218. The minimum Gasteiger partial charge on any atom is -0.496 e. The van der Waals surface area contributed by atoms with E-state index in [9.17, 15) is 9.59 Å². The van der Waals surface area contributed by atoms with Crippen molar-refractivity contribution in [2.24, 2.45) is 5.92 Å². The molecule has 1 aliphatic heterocycles. The number of carbonyl (C=O) groups is 2. The average Bonchev–Trinajstić information content (AvgIpc) is 2.73. The number of ether oxygens (including phenoxy) is 2. The molecule has 27 heavy (non-hydrogen) atoms. The number of piperidine rings is 1. The lowest BCUT2D eigenvalue weighted by Gasteiger charge is -2.31. The Morgan fingerprint density at radius 3 is 2.41 bits per heavy atom. The number of hydrogen-bond acceptors (Lipinski definition) is 4. The summed E-state index contributed by atoms with van der Waals surface area (Å²) in [6.45, 7) is 1.26. The van der Waals surface area contributed by atoms with Crippen molar-refractivity contribution in [2.45, 2.75) is 19.4 Å². The van der Waals surface area contributed by atoms with Gasteiger partial charge in [-0.05, 0) is 31.0 Å². The Balaban J connectivity index is 1.45. The van der Waals surface area contributed by atoms with Gasteiger partial charge in [-0.2, -0.15) is 0 Å². The van der Waals surface area contributed by atoms with Crippen molar-refractivity contribution in [1.29, 1.82) is 0 Å². The van der Waals surface area contributed by atoms with Gasteiger partial charge in [0.15, 0.2) is 0 Å². The highest BCUT2D eigenvalue weighted by molar-refractivity contribution is 5.89. The summed E-state index contributed by atoms with van der Waals surface area (Å²) < 4.78 is 10.7. The van der Waals surface area contributed by atoms with Crippen LogP contribution in [-0.4, -0.2) is 37.1 Å². The highest BCUT2D eigenvalue weighted by Crippen LogP contribution is 2.22. The third-order valence-corrected chi connectivity index (χ3v) is 4.70. The Hall–Kier alpha value is -3.02. The lowest BCUT2D eigenvalue weighted by atomic mass is 9.97. The molecule has 0 unspecified atom stereocenters. The number of hydrogen-bond donors (Lipinski definition) is 1. The summed E-state index contributed by atoms with van der Waals surface area (Å²) in [7, 11) is 1.59. The van der Waals surface area contributed by atoms with Gasteiger partial charge in [0.05, 0.1) is 13.0 Å². The fourth-order valence-electron chi connectivity index (χ4n) is 3.13. The number of rotatable bonds is 5. The largest absolute Gasteiger partial charge is 0.496 e. The lowest BCUT2D eigenvalue weighted by Crippen LogP contribution is -2.42. The SMILES string of the molecule is COc1ccccc1COC(=O)C1CCN(C(=O)Nc2ccccc2)CC1. The van der Waals surface area contributed by atoms with E-state index in [4.69, 9.17) is 9.47 Å². The van der Waals surface area contributed by atoms with Gasteiger partial charge >= 0.3 is 12.0 Å². The third kappa shape index (κ3) is 5.00. The molecule has 0 saturated carbocycles. The molecule has 1 saturated heterocycles. The maximum Gasteiger partial charge on any atom is 0.321 e. The van der Waals surface area contributed by atoms with E-state index in [-0.39, 0.29) is 24.5 Å². The van der Waals surface area contributed by atoms with Crippen LogP contribution in [0.3, 0.4) is 0 Å². The maximum atomic E-state index is 12.4. The van der Waals surface area contributed by atoms with E-state index in [0.29, 0.717) is 31.7 Å². The van der Waals surface area contributed by atoms with E-state index < -0.39 is 0 Å². The van der Waals surface area contributed by atoms with E-state index in [1.165, 1.54) is 0 Å². The monoisotopic (exact) mass is 368 g/mol. The van der Waals surface area contributed by atoms with Crippen molar-refractivity contribution in [3.63, 3.8) is 0 Å². The minimum absolute atomic E-state index is 0.137. The molecule has 1 aliphatic rings. The lowest BCUT2D eigenvalue weighted by molar-refractivity contribution is -0.151. The molecule has 0 spiro atoms. The number of esters is 1. The summed E-state index contributed by atoms with van der Waals surface area (Å²) in [6.07, 6.45) is 1.21. The molecule has 2 amide bonds. The van der Waals surface area contributed by atoms with E-state index in [0.717, 1.165) is 11.3 Å². The van der Waals surface area contributed by atoms with Crippen LogP contribution in [0.15, 0.2) is 54.6 Å². The van der Waals surface area contributed by atoms with E-state index in [2.05, 4.69) is 5.32 Å². The molecule has 0 bridgehead atoms. The van der Waals surface area contributed by atoms with Gasteiger partial charge in [-0.1, -0.05) is 36.4 Å². The molecule has 0 aliphatic carbocycles. The first-order valence-corrected chi connectivity index (χ1v) is 9.07. The van der Waals surface area contributed by atoms with Crippen LogP contribution in [0, 0.1) is 5.92 Å². The van der Waals surface area contributed by atoms with Crippen LogP contribution in [0.4, 0.5) is 10.5 Å². The quantitative estimate of drug-likeness (QED) is 0.818. The zero-order valence-corrected chi connectivity index (χ0v) is 15.4. The van der Waals surface area contributed by atoms with Gasteiger partial charge in [0, 0.05) is 24.3 Å². The normalized spacial score (nSPS) is 14.5. The van der Waals surface area contributed by atoms with Crippen molar-refractivity contribution in [2.75, 3.05) is 25.5 Å². The average molecular weight is 368 g/mol. The predicted molar refractivity (Wildman–Crippen MR) is 103 cm³/mol. The zero-order valence-electron chi connectivity index (χ0n) is 15.4. The number of para-hydroxylation sites is 2. The van der Waals surface area contributed by atoms with Crippen LogP contribution in [0.1, 0.15) is 18.4 Å². The summed E-state index contributed by atoms with van der Waals surface area (Å²) in [6, 6.07) is 16.7. The molecule has 6 nitrogen and oxygen atoms in total. The first kappa shape index (κ1) is 18.8. The van der Waals surface area contributed by atoms with Crippen molar-refractivity contribution >= 4 is 17.7 Å². The van der Waals surface area contributed by atoms with Crippen LogP contribution in [-0.2, 0) is 16.1 Å². The van der Waals surface area contributed by atoms with Gasteiger partial charge < -0.3 is 19.7 Å². The van der Waals surface area contributed by atoms with Crippen molar-refractivity contribution in [3.8, 4) is 5.75 Å². The van der Waals surface area contributed by atoms with Gasteiger partial charge in [-0.15, -0.1) is 0 Å². The smallest absolute Gasteiger partial charge is 0.321 e. The summed E-state index contributed by atoms with van der Waals surface area (Å²) in [5.41, 5.74) is 1.61. The molecule has 6 heteroatoms. The number of benzene rings is 2. The molecular weight excluding hydrogens is 344 g/mol. The van der Waals surface area contributed by atoms with Crippen LogP contribution < -0.4 is 10.1 Å². The summed E-state index contributed by atoms with van der Waals surface area (Å²) in [4.78, 5) is 26.4. The number of carbonyl (C=O) groups excluding carboxylic acids is 2. The Morgan fingerprint density at radius 1 is 1.04 bits per heavy atom. The van der Waals surface area contributed by atoms with Gasteiger partial charge in [0.1, 0.15) is 12.4 Å². The number of amides is 2. The van der Waals surface area contributed by atoms with Gasteiger partial charge in [-0.25, -0.2) is 4.79 Å². The van der Waals surface area contributed by atoms with Crippen LogP contribution in [0.2, 0.25) is 0 Å². The summed E-state index contributed by atoms with van der Waals surface area (Å²) >= 11 is 0. The van der Waals surface area contributed by atoms with Crippen molar-refractivity contribution in [1.82, 2.24) is 4.90 Å². The number of nitrogens with zero attached hydrogens (tertiary/aromatic N) is 1. The Morgan fingerprint density at radius 2 is 1.70 bits per heavy atom. The number of nitrogens with one attached hydrogen (secondary N) is 1. The van der Waals surface area contributed by atoms with Crippen molar-refractivity contribution < 1.29 is 19.1 Å². The number of urea groups is 1. The summed E-state index contributed by atoms with van der Waals surface area (Å²) in [5, 5.41) is 2.87. The molecule has 0 aromatic heterocycles. The number of anilines is 1. The second kappa shape index (κ2) is 9.07. The third-order valence-electron chi connectivity index (χ3n) is 4.70. The number of methoxy groups -OCH3 is 1. The second-order valence-electron chi connectivity index (χ2n) is 6.48. The van der Waals surface area contributed by atoms with E-state index >= 15 is 0 Å².